The highest BCUT2D eigenvalue weighted by Crippen LogP contribution is 2.45. The summed E-state index contributed by atoms with van der Waals surface area (Å²) in [6.07, 6.45) is 1.63. The van der Waals surface area contributed by atoms with Crippen LogP contribution >= 0.6 is 0 Å². The minimum absolute atomic E-state index is 0.0683. The number of fused-ring (bicyclic) bond motifs is 2. The molecule has 2 aliphatic rings. The Balaban J connectivity index is 0.000000185. The van der Waals surface area contributed by atoms with E-state index in [0.29, 0.717) is 12.5 Å². The number of aliphatic hydroxyl groups is 1. The third-order valence-corrected chi connectivity index (χ3v) is 5.17. The van der Waals surface area contributed by atoms with Crippen LogP contribution in [0.5, 0.6) is 0 Å². The number of benzene rings is 1. The van der Waals surface area contributed by atoms with Gasteiger partial charge in [0.25, 0.3) is 0 Å². The van der Waals surface area contributed by atoms with E-state index in [9.17, 15) is 24.9 Å². The molecule has 0 saturated carbocycles. The van der Waals surface area contributed by atoms with Gasteiger partial charge in [0.15, 0.2) is 0 Å². The number of piperidine rings is 1. The third kappa shape index (κ3) is 3.23. The lowest BCUT2D eigenvalue weighted by Crippen LogP contribution is -2.62. The molecule has 1 aromatic carbocycles. The highest BCUT2D eigenvalue weighted by molar-refractivity contribution is 5.85. The van der Waals surface area contributed by atoms with Crippen LogP contribution in [0.1, 0.15) is 36.5 Å². The number of aromatic carboxylic acids is 1. The van der Waals surface area contributed by atoms with Crippen LogP contribution in [0.15, 0.2) is 30.3 Å². The Kier molecular flexibility index (Phi) is 5.06. The molecule has 2 fully saturated rings. The molecule has 0 aliphatic carbocycles. The summed E-state index contributed by atoms with van der Waals surface area (Å²) in [5, 5.41) is 31.1. The molecule has 0 amide bonds. The molecule has 0 unspecified atom stereocenters. The Morgan fingerprint density at radius 1 is 1.22 bits per heavy atom. The van der Waals surface area contributed by atoms with Gasteiger partial charge in [0.05, 0.1) is 18.0 Å². The van der Waals surface area contributed by atoms with Gasteiger partial charge >= 0.3 is 0 Å². The molecule has 1 aromatic rings. The van der Waals surface area contributed by atoms with Crippen LogP contribution in [-0.2, 0) is 4.79 Å². The van der Waals surface area contributed by atoms with E-state index in [1.54, 1.807) is 25.1 Å². The average Bonchev–Trinajstić information content (AvgIpc) is 2.81. The van der Waals surface area contributed by atoms with E-state index in [0.717, 1.165) is 12.8 Å². The smallest absolute Gasteiger partial charge is 0.0715 e. The second kappa shape index (κ2) is 6.68. The number of aliphatic hydroxyl groups excluding tert-OH is 1. The van der Waals surface area contributed by atoms with E-state index in [1.165, 1.54) is 12.1 Å². The number of nitrogens with zero attached hydrogens (tertiary/aromatic N) is 1. The molecule has 23 heavy (non-hydrogen) atoms. The minimum Gasteiger partial charge on any atom is -0.549 e. The summed E-state index contributed by atoms with van der Waals surface area (Å²) >= 11 is 0. The van der Waals surface area contributed by atoms with Crippen LogP contribution < -0.4 is 10.2 Å². The van der Waals surface area contributed by atoms with Gasteiger partial charge in [-0.05, 0) is 31.9 Å². The van der Waals surface area contributed by atoms with Crippen molar-refractivity contribution >= 4 is 11.9 Å². The van der Waals surface area contributed by atoms with Crippen molar-refractivity contribution in [1.29, 1.82) is 0 Å². The molecular formula is C17H21NO5-2. The zero-order valence-corrected chi connectivity index (χ0v) is 13.3. The van der Waals surface area contributed by atoms with Crippen molar-refractivity contribution in [1.82, 2.24) is 4.90 Å². The van der Waals surface area contributed by atoms with Gasteiger partial charge in [0.2, 0.25) is 0 Å². The standard InChI is InChI=1S/C10H17NO3.C7H6O2/c1-10(9(13)14)7-4-3-6(11(7)2)5-8(10)12;8-7(9)6-4-2-1-3-5-6/h6-8,12H,3-5H2,1-2H3,(H,13,14);1-5H,(H,8,9)/p-2/t6-,7+,8+,10+;/m1./s1. The molecule has 2 aliphatic heterocycles. The zero-order valence-electron chi connectivity index (χ0n) is 13.3. The van der Waals surface area contributed by atoms with E-state index >= 15 is 0 Å². The highest BCUT2D eigenvalue weighted by atomic mass is 16.4. The molecule has 2 saturated heterocycles. The van der Waals surface area contributed by atoms with Gasteiger partial charge in [-0.2, -0.15) is 0 Å². The Morgan fingerprint density at radius 2 is 1.83 bits per heavy atom. The van der Waals surface area contributed by atoms with Crippen molar-refractivity contribution < 1.29 is 24.9 Å². The van der Waals surface area contributed by atoms with Crippen molar-refractivity contribution in [3.05, 3.63) is 35.9 Å². The second-order valence-corrected chi connectivity index (χ2v) is 6.39. The van der Waals surface area contributed by atoms with Gasteiger partial charge in [0, 0.05) is 17.5 Å². The maximum absolute atomic E-state index is 11.1. The second-order valence-electron chi connectivity index (χ2n) is 6.39. The quantitative estimate of drug-likeness (QED) is 0.751. The normalized spacial score (nSPS) is 32.7. The lowest BCUT2D eigenvalue weighted by atomic mass is 9.73. The topological polar surface area (TPSA) is 104 Å². The van der Waals surface area contributed by atoms with Crippen molar-refractivity contribution in [2.24, 2.45) is 5.41 Å². The summed E-state index contributed by atoms with van der Waals surface area (Å²) in [5.41, 5.74) is -0.876. The number of aliphatic carboxylic acids is 1. The summed E-state index contributed by atoms with van der Waals surface area (Å²) in [4.78, 5) is 23.3. The van der Waals surface area contributed by atoms with Gasteiger partial charge in [0.1, 0.15) is 0 Å². The fourth-order valence-corrected chi connectivity index (χ4v) is 3.59. The van der Waals surface area contributed by atoms with E-state index in [4.69, 9.17) is 0 Å². The molecule has 2 bridgehead atoms. The highest BCUT2D eigenvalue weighted by Gasteiger charge is 2.53. The van der Waals surface area contributed by atoms with E-state index < -0.39 is 23.5 Å². The number of carbonyl (C=O) groups is 2. The fraction of sp³-hybridized carbons (Fsp3) is 0.529. The molecule has 6 nitrogen and oxygen atoms in total. The van der Waals surface area contributed by atoms with E-state index in [-0.39, 0.29) is 11.6 Å². The lowest BCUT2D eigenvalue weighted by Gasteiger charge is -2.49. The Morgan fingerprint density at radius 3 is 2.30 bits per heavy atom. The molecule has 126 valence electrons. The number of carboxylic acids is 2. The van der Waals surface area contributed by atoms with Crippen LogP contribution in [0, 0.1) is 5.41 Å². The van der Waals surface area contributed by atoms with Crippen LogP contribution in [0.25, 0.3) is 0 Å². The predicted octanol–water partition coefficient (Wildman–Crippen LogP) is -0.980. The Labute approximate surface area is 135 Å². The molecule has 1 N–H and O–H groups in total. The number of carbonyl (C=O) groups excluding carboxylic acids is 2. The molecule has 4 atom stereocenters. The molecule has 3 rings (SSSR count). The molecular weight excluding hydrogens is 298 g/mol. The largest absolute Gasteiger partial charge is 0.549 e. The lowest BCUT2D eigenvalue weighted by molar-refractivity contribution is -0.327. The van der Waals surface area contributed by atoms with Gasteiger partial charge < -0.3 is 24.9 Å². The number of carboxylic acid groups (broad SMARTS) is 2. The number of hydrogen-bond donors (Lipinski definition) is 1. The Hall–Kier alpha value is -1.92. The third-order valence-electron chi connectivity index (χ3n) is 5.17. The van der Waals surface area contributed by atoms with Crippen LogP contribution in [0.4, 0.5) is 0 Å². The van der Waals surface area contributed by atoms with E-state index in [1.807, 2.05) is 7.05 Å². The van der Waals surface area contributed by atoms with Gasteiger partial charge in [-0.15, -0.1) is 0 Å². The first-order chi connectivity index (χ1) is 10.8. The van der Waals surface area contributed by atoms with Crippen LogP contribution in [0.2, 0.25) is 0 Å². The summed E-state index contributed by atoms with van der Waals surface area (Å²) in [6.45, 7) is 1.61. The first-order valence-corrected chi connectivity index (χ1v) is 7.66. The van der Waals surface area contributed by atoms with Crippen LogP contribution in [0.3, 0.4) is 0 Å². The zero-order chi connectivity index (χ0) is 17.2. The first kappa shape index (κ1) is 17.4. The molecule has 2 heterocycles. The number of hydrogen-bond acceptors (Lipinski definition) is 6. The van der Waals surface area contributed by atoms with Crippen molar-refractivity contribution in [2.75, 3.05) is 7.05 Å². The molecule has 0 aromatic heterocycles. The van der Waals surface area contributed by atoms with Crippen LogP contribution in [-0.4, -0.2) is 47.2 Å². The van der Waals surface area contributed by atoms with Crippen molar-refractivity contribution in [3.8, 4) is 0 Å². The Bertz CT molecular complexity index is 576. The maximum Gasteiger partial charge on any atom is 0.0715 e. The SMILES string of the molecule is CN1[C@@H]2CC[C@H]1[C@](C)(C(=O)[O-])[C@@H](O)C2.O=C([O-])c1ccccc1. The first-order valence-electron chi connectivity index (χ1n) is 7.66. The van der Waals surface area contributed by atoms with Gasteiger partial charge in [-0.3, -0.25) is 4.90 Å². The minimum atomic E-state index is -1.13. The molecule has 0 radical (unpaired) electrons. The maximum atomic E-state index is 11.1. The average molecular weight is 319 g/mol. The van der Waals surface area contributed by atoms with Crippen molar-refractivity contribution in [2.45, 2.75) is 44.4 Å². The molecule has 0 spiro atoms. The summed E-state index contributed by atoms with van der Waals surface area (Å²) in [7, 11) is 1.94. The van der Waals surface area contributed by atoms with Gasteiger partial charge in [-0.1, -0.05) is 37.3 Å². The summed E-state index contributed by atoms with van der Waals surface area (Å²) in [6, 6.07) is 8.34. The predicted molar refractivity (Wildman–Crippen MR) is 79.1 cm³/mol. The molecule has 6 heteroatoms. The summed E-state index contributed by atoms with van der Waals surface area (Å²) in [5.74, 6) is -2.25. The van der Waals surface area contributed by atoms with E-state index in [2.05, 4.69) is 4.90 Å². The van der Waals surface area contributed by atoms with Gasteiger partial charge in [-0.25, -0.2) is 0 Å². The monoisotopic (exact) mass is 319 g/mol. The summed E-state index contributed by atoms with van der Waals surface area (Å²) < 4.78 is 0. The van der Waals surface area contributed by atoms with Crippen molar-refractivity contribution in [3.63, 3.8) is 0 Å². The fourth-order valence-electron chi connectivity index (χ4n) is 3.59. The number of rotatable bonds is 2.